The number of nitrogens with zero attached hydrogens (tertiary/aromatic N) is 1. The van der Waals surface area contributed by atoms with Crippen LogP contribution in [0.2, 0.25) is 5.02 Å². The fourth-order valence-corrected chi connectivity index (χ4v) is 2.64. The van der Waals surface area contributed by atoms with E-state index in [1.807, 2.05) is 19.1 Å². The molecule has 1 saturated heterocycles. The summed E-state index contributed by atoms with van der Waals surface area (Å²) in [6.07, 6.45) is 2.17. The second kappa shape index (κ2) is 8.59. The van der Waals surface area contributed by atoms with E-state index >= 15 is 0 Å². The highest BCUT2D eigenvalue weighted by molar-refractivity contribution is 6.31. The molecule has 1 fully saturated rings. The van der Waals surface area contributed by atoms with Crippen LogP contribution in [0.4, 0.5) is 5.69 Å². The molecule has 2 rings (SSSR count). The summed E-state index contributed by atoms with van der Waals surface area (Å²) in [6.45, 7) is 5.02. The first kappa shape index (κ1) is 18.2. The quantitative estimate of drug-likeness (QED) is 0.891. The van der Waals surface area contributed by atoms with Gasteiger partial charge in [-0.2, -0.15) is 0 Å². The number of likely N-dealkylation sites (tertiary alicyclic amines) is 1. The molecule has 6 heteroatoms. The monoisotopic (exact) mass is 331 g/mol. The van der Waals surface area contributed by atoms with Gasteiger partial charge in [-0.05, 0) is 63.0 Å². The smallest absolute Gasteiger partial charge is 0.238 e. The summed E-state index contributed by atoms with van der Waals surface area (Å²) in [5.41, 5.74) is 7.43. The van der Waals surface area contributed by atoms with Gasteiger partial charge in [0.15, 0.2) is 0 Å². The number of halogens is 2. The first-order chi connectivity index (χ1) is 9.58. The highest BCUT2D eigenvalue weighted by atomic mass is 35.5. The SMILES string of the molecule is Cc1ccc(NC(=O)CN2CCC(CN)CC2)cc1Cl.Cl. The van der Waals surface area contributed by atoms with Gasteiger partial charge in [-0.25, -0.2) is 0 Å². The van der Waals surface area contributed by atoms with Crippen molar-refractivity contribution in [2.45, 2.75) is 19.8 Å². The molecule has 4 nitrogen and oxygen atoms in total. The van der Waals surface area contributed by atoms with Gasteiger partial charge >= 0.3 is 0 Å². The van der Waals surface area contributed by atoms with Crippen molar-refractivity contribution in [3.8, 4) is 0 Å². The first-order valence-corrected chi connectivity index (χ1v) is 7.44. The Morgan fingerprint density at radius 3 is 2.67 bits per heavy atom. The highest BCUT2D eigenvalue weighted by Gasteiger charge is 2.19. The molecule has 21 heavy (non-hydrogen) atoms. The van der Waals surface area contributed by atoms with Gasteiger partial charge in [-0.3, -0.25) is 9.69 Å². The van der Waals surface area contributed by atoms with Crippen molar-refractivity contribution in [1.82, 2.24) is 4.90 Å². The lowest BCUT2D eigenvalue weighted by molar-refractivity contribution is -0.117. The van der Waals surface area contributed by atoms with E-state index in [1.165, 1.54) is 0 Å². The number of piperidine rings is 1. The Morgan fingerprint density at radius 2 is 2.10 bits per heavy atom. The zero-order valence-corrected chi connectivity index (χ0v) is 13.8. The average Bonchev–Trinajstić information content (AvgIpc) is 2.44. The van der Waals surface area contributed by atoms with Crippen LogP contribution in [0.5, 0.6) is 0 Å². The summed E-state index contributed by atoms with van der Waals surface area (Å²) < 4.78 is 0. The van der Waals surface area contributed by atoms with E-state index in [1.54, 1.807) is 6.07 Å². The maximum atomic E-state index is 12.0. The van der Waals surface area contributed by atoms with Crippen LogP contribution < -0.4 is 11.1 Å². The third kappa shape index (κ3) is 5.47. The Kier molecular flexibility index (Phi) is 7.46. The van der Waals surface area contributed by atoms with Gasteiger partial charge < -0.3 is 11.1 Å². The molecule has 0 saturated carbocycles. The van der Waals surface area contributed by atoms with Gasteiger partial charge in [0.1, 0.15) is 0 Å². The van der Waals surface area contributed by atoms with Crippen LogP contribution in [0, 0.1) is 12.8 Å². The van der Waals surface area contributed by atoms with Crippen LogP contribution in [-0.2, 0) is 4.79 Å². The van der Waals surface area contributed by atoms with Gasteiger partial charge in [0, 0.05) is 10.7 Å². The Labute approximate surface area is 137 Å². The van der Waals surface area contributed by atoms with E-state index in [-0.39, 0.29) is 18.3 Å². The molecule has 1 amide bonds. The molecule has 1 aromatic rings. The van der Waals surface area contributed by atoms with E-state index < -0.39 is 0 Å². The van der Waals surface area contributed by atoms with E-state index in [0.717, 1.165) is 43.7 Å². The molecular formula is C15H23Cl2N3O. The van der Waals surface area contributed by atoms with Gasteiger partial charge in [0.2, 0.25) is 5.91 Å². The van der Waals surface area contributed by atoms with E-state index in [4.69, 9.17) is 17.3 Å². The third-order valence-corrected chi connectivity index (χ3v) is 4.27. The number of anilines is 1. The van der Waals surface area contributed by atoms with Gasteiger partial charge in [0.05, 0.1) is 6.54 Å². The summed E-state index contributed by atoms with van der Waals surface area (Å²) in [6, 6.07) is 5.57. The van der Waals surface area contributed by atoms with Crippen molar-refractivity contribution in [3.05, 3.63) is 28.8 Å². The van der Waals surface area contributed by atoms with Crippen molar-refractivity contribution in [1.29, 1.82) is 0 Å². The number of hydrogen-bond acceptors (Lipinski definition) is 3. The van der Waals surface area contributed by atoms with Gasteiger partial charge in [0.25, 0.3) is 0 Å². The zero-order valence-electron chi connectivity index (χ0n) is 12.3. The first-order valence-electron chi connectivity index (χ1n) is 7.07. The molecule has 0 spiro atoms. The van der Waals surface area contributed by atoms with E-state index in [9.17, 15) is 4.79 Å². The third-order valence-electron chi connectivity index (χ3n) is 3.86. The number of nitrogens with two attached hydrogens (primary N) is 1. The van der Waals surface area contributed by atoms with Crippen molar-refractivity contribution in [2.24, 2.45) is 11.7 Å². The number of hydrogen-bond donors (Lipinski definition) is 2. The van der Waals surface area contributed by atoms with E-state index in [2.05, 4.69) is 10.2 Å². The highest BCUT2D eigenvalue weighted by Crippen LogP contribution is 2.20. The number of benzene rings is 1. The summed E-state index contributed by atoms with van der Waals surface area (Å²) >= 11 is 6.05. The molecule has 3 N–H and O–H groups in total. The lowest BCUT2D eigenvalue weighted by atomic mass is 9.97. The second-order valence-electron chi connectivity index (χ2n) is 5.47. The summed E-state index contributed by atoms with van der Waals surface area (Å²) in [5.74, 6) is 0.626. The Bertz CT molecular complexity index is 474. The van der Waals surface area contributed by atoms with Crippen LogP contribution in [0.15, 0.2) is 18.2 Å². The molecule has 1 aromatic carbocycles. The summed E-state index contributed by atoms with van der Waals surface area (Å²) in [7, 11) is 0. The number of nitrogens with one attached hydrogen (secondary N) is 1. The fourth-order valence-electron chi connectivity index (χ4n) is 2.45. The molecule has 0 atom stereocenters. The minimum Gasteiger partial charge on any atom is -0.330 e. The van der Waals surface area contributed by atoms with Crippen LogP contribution in [0.25, 0.3) is 0 Å². The van der Waals surface area contributed by atoms with Gasteiger partial charge in [-0.1, -0.05) is 17.7 Å². The largest absolute Gasteiger partial charge is 0.330 e. The summed E-state index contributed by atoms with van der Waals surface area (Å²) in [4.78, 5) is 14.2. The predicted octanol–water partition coefficient (Wildman–Crippen LogP) is 2.68. The minimum atomic E-state index is 0. The molecule has 1 aliphatic heterocycles. The van der Waals surface area contributed by atoms with Crippen molar-refractivity contribution in [2.75, 3.05) is 31.5 Å². The molecule has 0 aromatic heterocycles. The lowest BCUT2D eigenvalue weighted by Crippen LogP contribution is -2.40. The van der Waals surface area contributed by atoms with Gasteiger partial charge in [-0.15, -0.1) is 12.4 Å². The molecule has 0 unspecified atom stereocenters. The lowest BCUT2D eigenvalue weighted by Gasteiger charge is -2.30. The Balaban J connectivity index is 0.00000220. The Hall–Kier alpha value is -0.810. The molecular weight excluding hydrogens is 309 g/mol. The number of carbonyl (C=O) groups excluding carboxylic acids is 1. The maximum Gasteiger partial charge on any atom is 0.238 e. The van der Waals surface area contributed by atoms with Crippen LogP contribution in [-0.4, -0.2) is 37.0 Å². The standard InChI is InChI=1S/C15H22ClN3O.ClH/c1-11-2-3-13(8-14(11)16)18-15(20)10-19-6-4-12(9-17)5-7-19;/h2-3,8,12H,4-7,9-10,17H2,1H3,(H,18,20);1H. The number of rotatable bonds is 4. The van der Waals surface area contributed by atoms with Crippen LogP contribution in [0.1, 0.15) is 18.4 Å². The van der Waals surface area contributed by atoms with Crippen LogP contribution >= 0.6 is 24.0 Å². The predicted molar refractivity (Wildman–Crippen MR) is 90.3 cm³/mol. The fraction of sp³-hybridized carbons (Fsp3) is 0.533. The minimum absolute atomic E-state index is 0. The summed E-state index contributed by atoms with van der Waals surface area (Å²) in [5, 5.41) is 3.57. The molecule has 1 heterocycles. The topological polar surface area (TPSA) is 58.4 Å². The zero-order chi connectivity index (χ0) is 14.5. The number of aryl methyl sites for hydroxylation is 1. The maximum absolute atomic E-state index is 12.0. The molecule has 0 bridgehead atoms. The number of carbonyl (C=O) groups is 1. The molecule has 1 aliphatic rings. The van der Waals surface area contributed by atoms with Crippen LogP contribution in [0.3, 0.4) is 0 Å². The van der Waals surface area contributed by atoms with E-state index in [0.29, 0.717) is 17.5 Å². The Morgan fingerprint density at radius 1 is 1.43 bits per heavy atom. The van der Waals surface area contributed by atoms with Crippen molar-refractivity contribution < 1.29 is 4.79 Å². The second-order valence-corrected chi connectivity index (χ2v) is 5.87. The molecule has 118 valence electrons. The van der Waals surface area contributed by atoms with Crippen molar-refractivity contribution in [3.63, 3.8) is 0 Å². The average molecular weight is 332 g/mol. The normalized spacial score (nSPS) is 16.3. The van der Waals surface area contributed by atoms with Crippen molar-refractivity contribution >= 4 is 35.6 Å². The molecule has 0 radical (unpaired) electrons. The molecule has 0 aliphatic carbocycles. The number of amides is 1.